The normalized spacial score (nSPS) is 10.6. The van der Waals surface area contributed by atoms with E-state index in [1.54, 1.807) is 23.9 Å². The number of anilines is 1. The van der Waals surface area contributed by atoms with Gasteiger partial charge in [0.25, 0.3) is 0 Å². The second-order valence-corrected chi connectivity index (χ2v) is 6.66. The second kappa shape index (κ2) is 10.8. The van der Waals surface area contributed by atoms with Gasteiger partial charge >= 0.3 is 5.97 Å². The van der Waals surface area contributed by atoms with Crippen LogP contribution in [-0.4, -0.2) is 43.7 Å². The Labute approximate surface area is 174 Å². The van der Waals surface area contributed by atoms with Gasteiger partial charge in [0.1, 0.15) is 0 Å². The maximum Gasteiger partial charge on any atom is 0.360 e. The number of hydrogen-bond acceptors (Lipinski definition) is 7. The quantitative estimate of drug-likeness (QED) is 0.405. The first-order chi connectivity index (χ1) is 14.6. The zero-order valence-electron chi connectivity index (χ0n) is 16.8. The van der Waals surface area contributed by atoms with Crippen LogP contribution in [0.25, 0.3) is 0 Å². The molecule has 3 aromatic rings. The Bertz CT molecular complexity index is 956. The largest absolute Gasteiger partial charge is 0.461 e. The van der Waals surface area contributed by atoms with Gasteiger partial charge in [-0.25, -0.2) is 4.79 Å². The van der Waals surface area contributed by atoms with Crippen molar-refractivity contribution in [3.63, 3.8) is 0 Å². The van der Waals surface area contributed by atoms with Crippen molar-refractivity contribution in [2.45, 2.75) is 39.2 Å². The van der Waals surface area contributed by atoms with Crippen molar-refractivity contribution in [2.24, 2.45) is 0 Å². The summed E-state index contributed by atoms with van der Waals surface area (Å²) in [6.45, 7) is 2.70. The Balaban J connectivity index is 1.38. The monoisotopic (exact) mass is 408 g/mol. The first kappa shape index (κ1) is 21.1. The van der Waals surface area contributed by atoms with Crippen LogP contribution in [0, 0.1) is 0 Å². The van der Waals surface area contributed by atoms with Crippen LogP contribution < -0.4 is 5.32 Å². The zero-order valence-corrected chi connectivity index (χ0v) is 16.8. The Kier molecular flexibility index (Phi) is 7.59. The molecule has 0 spiro atoms. The van der Waals surface area contributed by atoms with Gasteiger partial charge in [-0.2, -0.15) is 5.10 Å². The molecule has 9 heteroatoms. The van der Waals surface area contributed by atoms with E-state index in [2.05, 4.69) is 25.8 Å². The summed E-state index contributed by atoms with van der Waals surface area (Å²) in [5, 5.41) is 18.7. The smallest absolute Gasteiger partial charge is 0.360 e. The predicted octanol–water partition coefficient (Wildman–Crippen LogP) is 2.45. The number of nitrogens with one attached hydrogen (secondary N) is 1. The van der Waals surface area contributed by atoms with Crippen molar-refractivity contribution >= 4 is 17.7 Å². The average Bonchev–Trinajstić information content (AvgIpc) is 3.22. The van der Waals surface area contributed by atoms with Gasteiger partial charge in [0.2, 0.25) is 5.91 Å². The van der Waals surface area contributed by atoms with Crippen molar-refractivity contribution in [1.29, 1.82) is 0 Å². The minimum absolute atomic E-state index is 0.127. The maximum absolute atomic E-state index is 12.1. The summed E-state index contributed by atoms with van der Waals surface area (Å²) in [6.07, 6.45) is 4.37. The number of hydrogen-bond donors (Lipinski definition) is 1. The fraction of sp³-hybridized carbons (Fsp3) is 0.333. The standard InChI is InChI=1S/C21H24N6O3/c1-2-30-21(29)18-15-27(26-24-18)13-7-6-10-17-11-12-19(25-23-17)22-20(28)14-16-8-4-3-5-9-16/h3-5,8-9,11-12,15H,2,6-7,10,13-14H2,1H3,(H,22,25,28). The highest BCUT2D eigenvalue weighted by molar-refractivity contribution is 5.91. The molecule has 0 unspecified atom stereocenters. The van der Waals surface area contributed by atoms with Crippen molar-refractivity contribution in [3.8, 4) is 0 Å². The summed E-state index contributed by atoms with van der Waals surface area (Å²) in [4.78, 5) is 23.7. The highest BCUT2D eigenvalue weighted by Gasteiger charge is 2.11. The molecule has 0 bridgehead atoms. The molecule has 156 valence electrons. The number of rotatable bonds is 10. The van der Waals surface area contributed by atoms with E-state index < -0.39 is 5.97 Å². The number of aromatic nitrogens is 5. The third kappa shape index (κ3) is 6.47. The molecule has 0 aliphatic heterocycles. The van der Waals surface area contributed by atoms with Gasteiger partial charge in [0.05, 0.1) is 24.9 Å². The number of esters is 1. The maximum atomic E-state index is 12.1. The third-order valence-corrected chi connectivity index (χ3v) is 4.29. The Morgan fingerprint density at radius 3 is 2.60 bits per heavy atom. The molecule has 0 saturated heterocycles. The van der Waals surface area contributed by atoms with E-state index in [1.165, 1.54) is 0 Å². The highest BCUT2D eigenvalue weighted by Crippen LogP contribution is 2.08. The topological polar surface area (TPSA) is 112 Å². The molecule has 2 heterocycles. The van der Waals surface area contributed by atoms with Crippen molar-refractivity contribution in [1.82, 2.24) is 25.2 Å². The Hall–Kier alpha value is -3.62. The van der Waals surface area contributed by atoms with Crippen LogP contribution in [0.15, 0.2) is 48.7 Å². The molecule has 1 aromatic carbocycles. The number of carbonyl (C=O) groups excluding carboxylic acids is 2. The van der Waals surface area contributed by atoms with Crippen LogP contribution in [0.3, 0.4) is 0 Å². The highest BCUT2D eigenvalue weighted by atomic mass is 16.5. The van der Waals surface area contributed by atoms with Gasteiger partial charge in [-0.05, 0) is 43.9 Å². The van der Waals surface area contributed by atoms with Gasteiger partial charge in [-0.3, -0.25) is 9.48 Å². The van der Waals surface area contributed by atoms with Gasteiger partial charge in [0, 0.05) is 6.54 Å². The summed E-state index contributed by atoms with van der Waals surface area (Å²) in [5.41, 5.74) is 2.01. The van der Waals surface area contributed by atoms with Crippen molar-refractivity contribution in [2.75, 3.05) is 11.9 Å². The van der Waals surface area contributed by atoms with Gasteiger partial charge in [0.15, 0.2) is 11.5 Å². The minimum Gasteiger partial charge on any atom is -0.461 e. The summed E-state index contributed by atoms with van der Waals surface area (Å²) in [5.74, 6) is -0.151. The van der Waals surface area contributed by atoms with Crippen LogP contribution in [0.4, 0.5) is 5.82 Å². The lowest BCUT2D eigenvalue weighted by Crippen LogP contribution is -2.15. The molecule has 0 aliphatic rings. The molecule has 3 rings (SSSR count). The number of unbranched alkanes of at least 4 members (excludes halogenated alkanes) is 1. The lowest BCUT2D eigenvalue weighted by atomic mass is 10.1. The van der Waals surface area contributed by atoms with Gasteiger partial charge in [-0.15, -0.1) is 10.2 Å². The van der Waals surface area contributed by atoms with E-state index in [0.29, 0.717) is 25.4 Å². The van der Waals surface area contributed by atoms with Crippen molar-refractivity contribution in [3.05, 3.63) is 65.6 Å². The number of ether oxygens (including phenoxy) is 1. The number of amides is 1. The molecule has 1 amide bonds. The molecule has 9 nitrogen and oxygen atoms in total. The molecule has 30 heavy (non-hydrogen) atoms. The van der Waals surface area contributed by atoms with Gasteiger partial charge < -0.3 is 10.1 Å². The SMILES string of the molecule is CCOC(=O)c1cn(CCCCc2ccc(NC(=O)Cc3ccccc3)nn2)nn1. The van der Waals surface area contributed by atoms with E-state index in [4.69, 9.17) is 4.74 Å². The lowest BCUT2D eigenvalue weighted by Gasteiger charge is -2.05. The zero-order chi connectivity index (χ0) is 21.2. The Morgan fingerprint density at radius 2 is 1.87 bits per heavy atom. The molecule has 0 atom stereocenters. The molecule has 2 aromatic heterocycles. The van der Waals surface area contributed by atoms with E-state index in [1.807, 2.05) is 36.4 Å². The molecule has 0 radical (unpaired) electrons. The van der Waals surface area contributed by atoms with E-state index >= 15 is 0 Å². The fourth-order valence-corrected chi connectivity index (χ4v) is 2.81. The predicted molar refractivity (Wildman–Crippen MR) is 110 cm³/mol. The molecular formula is C21H24N6O3. The Morgan fingerprint density at radius 1 is 1.03 bits per heavy atom. The van der Waals surface area contributed by atoms with Gasteiger partial charge in [-0.1, -0.05) is 35.5 Å². The summed E-state index contributed by atoms with van der Waals surface area (Å²) in [7, 11) is 0. The number of benzene rings is 1. The number of carbonyl (C=O) groups is 2. The average molecular weight is 408 g/mol. The summed E-state index contributed by atoms with van der Waals surface area (Å²) >= 11 is 0. The molecule has 0 aliphatic carbocycles. The van der Waals surface area contributed by atoms with E-state index in [-0.39, 0.29) is 11.6 Å². The van der Waals surface area contributed by atoms with Crippen LogP contribution in [-0.2, 0) is 28.9 Å². The first-order valence-corrected chi connectivity index (χ1v) is 9.87. The molecule has 1 N–H and O–H groups in total. The van der Waals surface area contributed by atoms with E-state index in [0.717, 1.165) is 30.5 Å². The van der Waals surface area contributed by atoms with Crippen LogP contribution in [0.5, 0.6) is 0 Å². The number of nitrogens with zero attached hydrogens (tertiary/aromatic N) is 5. The number of aryl methyl sites for hydroxylation is 2. The molecule has 0 saturated carbocycles. The lowest BCUT2D eigenvalue weighted by molar-refractivity contribution is -0.115. The fourth-order valence-electron chi connectivity index (χ4n) is 2.81. The van der Waals surface area contributed by atoms with Crippen LogP contribution >= 0.6 is 0 Å². The van der Waals surface area contributed by atoms with Crippen LogP contribution in [0.2, 0.25) is 0 Å². The molecular weight excluding hydrogens is 384 g/mol. The third-order valence-electron chi connectivity index (χ3n) is 4.29. The summed E-state index contributed by atoms with van der Waals surface area (Å²) < 4.78 is 6.52. The summed E-state index contributed by atoms with van der Waals surface area (Å²) in [6, 6.07) is 13.2. The van der Waals surface area contributed by atoms with E-state index in [9.17, 15) is 9.59 Å². The van der Waals surface area contributed by atoms with Crippen molar-refractivity contribution < 1.29 is 14.3 Å². The van der Waals surface area contributed by atoms with Crippen LogP contribution in [0.1, 0.15) is 41.5 Å². The molecule has 0 fully saturated rings. The first-order valence-electron chi connectivity index (χ1n) is 9.87. The second-order valence-electron chi connectivity index (χ2n) is 6.66. The minimum atomic E-state index is -0.463.